The molecular weight excluding hydrogens is 494 g/mol. The summed E-state index contributed by atoms with van der Waals surface area (Å²) in [6.07, 6.45) is 0. The Labute approximate surface area is 237 Å². The van der Waals surface area contributed by atoms with Gasteiger partial charge in [0, 0.05) is 21.9 Å². The van der Waals surface area contributed by atoms with Gasteiger partial charge < -0.3 is 4.98 Å². The van der Waals surface area contributed by atoms with E-state index >= 15 is 0 Å². The maximum atomic E-state index is 3.75. The second kappa shape index (κ2) is 8.55. The van der Waals surface area contributed by atoms with Crippen molar-refractivity contribution in [1.29, 1.82) is 0 Å². The Morgan fingerprint density at radius 3 is 1.88 bits per heavy atom. The third-order valence-electron chi connectivity index (χ3n) is 8.75. The van der Waals surface area contributed by atoms with Crippen molar-refractivity contribution in [3.05, 3.63) is 146 Å². The highest BCUT2D eigenvalue weighted by atomic mass is 14.7. The first-order valence-electron chi connectivity index (χ1n) is 14.2. The van der Waals surface area contributed by atoms with Gasteiger partial charge in [-0.15, -0.1) is 0 Å². The smallest absolute Gasteiger partial charge is 0.0544 e. The average molecular weight is 520 g/mol. The summed E-state index contributed by atoms with van der Waals surface area (Å²) in [5.74, 6) is 0. The van der Waals surface area contributed by atoms with Crippen molar-refractivity contribution >= 4 is 54.1 Å². The van der Waals surface area contributed by atoms with Gasteiger partial charge in [0.15, 0.2) is 0 Å². The van der Waals surface area contributed by atoms with E-state index in [0.717, 1.165) is 5.52 Å². The number of hydrogen-bond donors (Lipinski definition) is 1. The summed E-state index contributed by atoms with van der Waals surface area (Å²) in [5, 5.41) is 10.4. The molecular formula is C40H25N. The predicted molar refractivity (Wildman–Crippen MR) is 176 cm³/mol. The number of nitrogens with one attached hydrogen (secondary N) is 1. The molecule has 0 aliphatic heterocycles. The molecule has 9 aromatic rings. The Kier molecular flexibility index (Phi) is 4.67. The van der Waals surface area contributed by atoms with E-state index in [1.165, 1.54) is 82.0 Å². The molecule has 8 aromatic carbocycles. The van der Waals surface area contributed by atoms with Gasteiger partial charge in [-0.2, -0.15) is 0 Å². The lowest BCUT2D eigenvalue weighted by molar-refractivity contribution is 1.53. The molecule has 0 unspecified atom stereocenters. The van der Waals surface area contributed by atoms with Crippen LogP contribution in [0.1, 0.15) is 0 Å². The maximum absolute atomic E-state index is 3.75. The van der Waals surface area contributed by atoms with Crippen molar-refractivity contribution in [2.24, 2.45) is 0 Å². The summed E-state index contributed by atoms with van der Waals surface area (Å²) in [7, 11) is 0. The van der Waals surface area contributed by atoms with Crippen LogP contribution in [-0.2, 0) is 0 Å². The molecule has 0 aliphatic carbocycles. The van der Waals surface area contributed by atoms with Crippen molar-refractivity contribution in [1.82, 2.24) is 4.98 Å². The zero-order chi connectivity index (χ0) is 26.9. The number of hydrogen-bond acceptors (Lipinski definition) is 0. The maximum Gasteiger partial charge on any atom is 0.0544 e. The van der Waals surface area contributed by atoms with E-state index in [1.807, 2.05) is 0 Å². The van der Waals surface area contributed by atoms with Gasteiger partial charge in [-0.05, 0) is 78.3 Å². The normalized spacial score (nSPS) is 11.9. The fraction of sp³-hybridized carbons (Fsp3) is 0. The monoisotopic (exact) mass is 519 g/mol. The molecule has 0 amide bonds. The summed E-state index contributed by atoms with van der Waals surface area (Å²) < 4.78 is 0. The van der Waals surface area contributed by atoms with Crippen molar-refractivity contribution in [3.8, 4) is 33.4 Å². The molecule has 1 heteroatoms. The number of para-hydroxylation sites is 1. The van der Waals surface area contributed by atoms with Crippen molar-refractivity contribution in [2.75, 3.05) is 0 Å². The van der Waals surface area contributed by atoms with Gasteiger partial charge >= 0.3 is 0 Å². The number of fused-ring (bicyclic) bond motifs is 3. The summed E-state index contributed by atoms with van der Waals surface area (Å²) >= 11 is 0. The molecule has 9 rings (SSSR count). The van der Waals surface area contributed by atoms with Crippen LogP contribution in [0, 0.1) is 0 Å². The van der Waals surface area contributed by atoms with E-state index in [-0.39, 0.29) is 0 Å². The molecule has 190 valence electrons. The van der Waals surface area contributed by atoms with Crippen LogP contribution in [0.5, 0.6) is 0 Å². The minimum absolute atomic E-state index is 1.16. The van der Waals surface area contributed by atoms with E-state index in [0.29, 0.717) is 0 Å². The highest BCUT2D eigenvalue weighted by Crippen LogP contribution is 2.41. The summed E-state index contributed by atoms with van der Waals surface area (Å²) in [5.41, 5.74) is 9.76. The first-order chi connectivity index (χ1) is 20.3. The standard InChI is InChI=1S/C40H25N/c1-2-7-25(8-3-1)29-19-22-37-36(24-29)35-14-6-13-33(40(35)41-37)31-12-5-11-30(23-31)32-20-17-28-16-15-26-9-4-10-27-18-21-34(32)39(28)38(26)27/h1-24,41H. The molecule has 0 atom stereocenters. The molecule has 0 radical (unpaired) electrons. The third kappa shape index (κ3) is 3.36. The Morgan fingerprint density at radius 2 is 1.02 bits per heavy atom. The summed E-state index contributed by atoms with van der Waals surface area (Å²) in [6.45, 7) is 0. The molecule has 41 heavy (non-hydrogen) atoms. The number of rotatable bonds is 3. The molecule has 0 fully saturated rings. The van der Waals surface area contributed by atoms with E-state index in [9.17, 15) is 0 Å². The fourth-order valence-corrected chi connectivity index (χ4v) is 6.81. The van der Waals surface area contributed by atoms with Crippen molar-refractivity contribution in [3.63, 3.8) is 0 Å². The lowest BCUT2D eigenvalue weighted by Gasteiger charge is -2.15. The highest BCUT2D eigenvalue weighted by Gasteiger charge is 2.14. The van der Waals surface area contributed by atoms with E-state index in [1.54, 1.807) is 0 Å². The second-order valence-corrected chi connectivity index (χ2v) is 11.0. The Hall–Kier alpha value is -5.40. The molecule has 1 nitrogen and oxygen atoms in total. The zero-order valence-electron chi connectivity index (χ0n) is 22.4. The van der Waals surface area contributed by atoms with Crippen LogP contribution in [0.3, 0.4) is 0 Å². The molecule has 1 aromatic heterocycles. The van der Waals surface area contributed by atoms with Crippen LogP contribution in [0.2, 0.25) is 0 Å². The summed E-state index contributed by atoms with van der Waals surface area (Å²) in [4.78, 5) is 3.75. The average Bonchev–Trinajstić information content (AvgIpc) is 3.42. The van der Waals surface area contributed by atoms with Gasteiger partial charge in [-0.1, -0.05) is 127 Å². The van der Waals surface area contributed by atoms with Gasteiger partial charge in [0.25, 0.3) is 0 Å². The van der Waals surface area contributed by atoms with E-state index in [4.69, 9.17) is 0 Å². The van der Waals surface area contributed by atoms with Crippen LogP contribution in [0.4, 0.5) is 0 Å². The van der Waals surface area contributed by atoms with Gasteiger partial charge in [-0.25, -0.2) is 0 Å². The van der Waals surface area contributed by atoms with Crippen LogP contribution in [0.15, 0.2) is 146 Å². The van der Waals surface area contributed by atoms with Gasteiger partial charge in [0.2, 0.25) is 0 Å². The van der Waals surface area contributed by atoms with Crippen molar-refractivity contribution < 1.29 is 0 Å². The fourth-order valence-electron chi connectivity index (χ4n) is 6.81. The van der Waals surface area contributed by atoms with Crippen LogP contribution in [0.25, 0.3) is 87.5 Å². The number of benzene rings is 8. The topological polar surface area (TPSA) is 15.8 Å². The molecule has 1 N–H and O–H groups in total. The van der Waals surface area contributed by atoms with Crippen LogP contribution in [-0.4, -0.2) is 4.98 Å². The van der Waals surface area contributed by atoms with Crippen LogP contribution >= 0.6 is 0 Å². The van der Waals surface area contributed by atoms with Crippen molar-refractivity contribution in [2.45, 2.75) is 0 Å². The molecule has 0 spiro atoms. The van der Waals surface area contributed by atoms with E-state index < -0.39 is 0 Å². The van der Waals surface area contributed by atoms with Crippen LogP contribution < -0.4 is 0 Å². The minimum atomic E-state index is 1.16. The molecule has 0 saturated carbocycles. The predicted octanol–water partition coefficient (Wildman–Crippen LogP) is 11.2. The quantitative estimate of drug-likeness (QED) is 0.223. The van der Waals surface area contributed by atoms with E-state index in [2.05, 4.69) is 151 Å². The molecule has 0 saturated heterocycles. The molecule has 0 bridgehead atoms. The SMILES string of the molecule is c1ccc(-c2ccc3[nH]c4c(-c5cccc(-c6ccc7ccc8cccc9ccc6c7c89)c5)cccc4c3c2)cc1. The van der Waals surface area contributed by atoms with Gasteiger partial charge in [0.1, 0.15) is 0 Å². The Morgan fingerprint density at radius 1 is 0.341 bits per heavy atom. The number of H-pyrrole nitrogens is 1. The first-order valence-corrected chi connectivity index (χ1v) is 14.2. The summed E-state index contributed by atoms with van der Waals surface area (Å²) in [6, 6.07) is 53.2. The van der Waals surface area contributed by atoms with Gasteiger partial charge in [-0.3, -0.25) is 0 Å². The number of aromatic nitrogens is 1. The first kappa shape index (κ1) is 22.4. The lowest BCUT2D eigenvalue weighted by atomic mass is 9.89. The number of aromatic amines is 1. The molecule has 0 aliphatic rings. The third-order valence-corrected chi connectivity index (χ3v) is 8.75. The second-order valence-electron chi connectivity index (χ2n) is 11.0. The Bertz CT molecular complexity index is 2390. The Balaban J connectivity index is 1.22. The zero-order valence-corrected chi connectivity index (χ0v) is 22.4. The van der Waals surface area contributed by atoms with Gasteiger partial charge in [0.05, 0.1) is 5.52 Å². The highest BCUT2D eigenvalue weighted by molar-refractivity contribution is 6.25. The lowest BCUT2D eigenvalue weighted by Crippen LogP contribution is -1.88. The largest absolute Gasteiger partial charge is 0.354 e. The molecule has 1 heterocycles. The minimum Gasteiger partial charge on any atom is -0.354 e.